The van der Waals surface area contributed by atoms with Crippen LogP contribution in [0.3, 0.4) is 0 Å². The largest absolute Gasteiger partial charge is 0.337 e. The molecule has 2 aliphatic rings. The van der Waals surface area contributed by atoms with Crippen molar-refractivity contribution in [2.24, 2.45) is 11.3 Å². The molecular formula is C14H19ClN4O. The van der Waals surface area contributed by atoms with E-state index in [9.17, 15) is 4.79 Å². The molecule has 0 atom stereocenters. The van der Waals surface area contributed by atoms with Crippen molar-refractivity contribution in [3.05, 3.63) is 22.8 Å². The van der Waals surface area contributed by atoms with Crippen molar-refractivity contribution in [1.29, 1.82) is 0 Å². The first-order chi connectivity index (χ1) is 9.63. The smallest absolute Gasteiger partial charge is 0.274 e. The molecule has 20 heavy (non-hydrogen) atoms. The number of nitrogens with one attached hydrogen (secondary N) is 1. The fourth-order valence-corrected chi connectivity index (χ4v) is 3.65. The molecule has 0 aromatic carbocycles. The number of pyridine rings is 1. The number of nitrogens with two attached hydrogens (primary N) is 1. The third-order valence-electron chi connectivity index (χ3n) is 4.59. The monoisotopic (exact) mass is 294 g/mol. The summed E-state index contributed by atoms with van der Waals surface area (Å²) in [4.78, 5) is 18.7. The van der Waals surface area contributed by atoms with Crippen molar-refractivity contribution in [2.45, 2.75) is 32.1 Å². The first kappa shape index (κ1) is 13.6. The van der Waals surface area contributed by atoms with Crippen molar-refractivity contribution >= 4 is 23.3 Å². The summed E-state index contributed by atoms with van der Waals surface area (Å²) in [6.45, 7) is 1.64. The molecule has 5 nitrogen and oxygen atoms in total. The van der Waals surface area contributed by atoms with Gasteiger partial charge in [0.2, 0.25) is 0 Å². The van der Waals surface area contributed by atoms with E-state index in [1.807, 2.05) is 4.90 Å². The summed E-state index contributed by atoms with van der Waals surface area (Å²) in [7, 11) is 0. The molecule has 2 heterocycles. The van der Waals surface area contributed by atoms with Crippen LogP contribution >= 0.6 is 11.6 Å². The summed E-state index contributed by atoms with van der Waals surface area (Å²) in [6.07, 6.45) is 6.15. The molecule has 1 aliphatic heterocycles. The third-order valence-corrected chi connectivity index (χ3v) is 4.89. The van der Waals surface area contributed by atoms with Gasteiger partial charge >= 0.3 is 0 Å². The zero-order valence-electron chi connectivity index (χ0n) is 11.4. The van der Waals surface area contributed by atoms with E-state index in [1.54, 1.807) is 12.1 Å². The summed E-state index contributed by atoms with van der Waals surface area (Å²) in [6, 6.07) is 3.31. The van der Waals surface area contributed by atoms with Crippen molar-refractivity contribution < 1.29 is 4.79 Å². The van der Waals surface area contributed by atoms with Gasteiger partial charge in [-0.3, -0.25) is 4.79 Å². The maximum Gasteiger partial charge on any atom is 0.274 e. The Hall–Kier alpha value is -1.33. The second-order valence-corrected chi connectivity index (χ2v) is 6.26. The molecule has 6 heteroatoms. The van der Waals surface area contributed by atoms with E-state index < -0.39 is 0 Å². The first-order valence-electron chi connectivity index (χ1n) is 7.06. The molecule has 1 saturated heterocycles. The Morgan fingerprint density at radius 1 is 1.35 bits per heavy atom. The minimum atomic E-state index is -0.0872. The highest BCUT2D eigenvalue weighted by atomic mass is 35.5. The van der Waals surface area contributed by atoms with Crippen LogP contribution in [0.2, 0.25) is 5.02 Å². The lowest BCUT2D eigenvalue weighted by molar-refractivity contribution is 0.0768. The Balaban J connectivity index is 1.79. The number of hydrogen-bond donors (Lipinski definition) is 2. The minimum absolute atomic E-state index is 0.0872. The predicted octanol–water partition coefficient (Wildman–Crippen LogP) is 2.43. The number of carbonyl (C=O) groups is 1. The summed E-state index contributed by atoms with van der Waals surface area (Å²) in [5.74, 6) is 5.70. The molecule has 1 aliphatic carbocycles. The highest BCUT2D eigenvalue weighted by Crippen LogP contribution is 2.45. The normalized spacial score (nSPS) is 20.6. The first-order valence-corrected chi connectivity index (χ1v) is 7.44. The van der Waals surface area contributed by atoms with Gasteiger partial charge in [0.25, 0.3) is 5.91 Å². The number of nitrogen functional groups attached to an aromatic ring is 1. The number of rotatable bonds is 2. The highest BCUT2D eigenvalue weighted by Gasteiger charge is 2.42. The number of anilines is 1. The van der Waals surface area contributed by atoms with E-state index in [0.717, 1.165) is 19.5 Å². The van der Waals surface area contributed by atoms with Gasteiger partial charge in [-0.1, -0.05) is 24.4 Å². The molecule has 3 rings (SSSR count). The van der Waals surface area contributed by atoms with Gasteiger partial charge in [0, 0.05) is 13.1 Å². The Labute approximate surface area is 123 Å². The van der Waals surface area contributed by atoms with Crippen molar-refractivity contribution in [3.8, 4) is 0 Å². The molecule has 0 unspecified atom stereocenters. The van der Waals surface area contributed by atoms with E-state index in [2.05, 4.69) is 10.4 Å². The van der Waals surface area contributed by atoms with Crippen molar-refractivity contribution in [3.63, 3.8) is 0 Å². The van der Waals surface area contributed by atoms with Gasteiger partial charge in [0.15, 0.2) is 0 Å². The van der Waals surface area contributed by atoms with Gasteiger partial charge in [0.1, 0.15) is 11.5 Å². The summed E-state index contributed by atoms with van der Waals surface area (Å²) < 4.78 is 0. The molecule has 1 spiro atoms. The molecule has 1 amide bonds. The SMILES string of the molecule is NNc1ccc(Cl)c(C(=O)N2CCC3(CCCC3)C2)n1. The lowest BCUT2D eigenvalue weighted by Gasteiger charge is -2.23. The number of likely N-dealkylation sites (tertiary alicyclic amines) is 1. The number of nitrogens with zero attached hydrogens (tertiary/aromatic N) is 2. The maximum absolute atomic E-state index is 12.6. The number of hydrogen-bond acceptors (Lipinski definition) is 4. The summed E-state index contributed by atoms with van der Waals surface area (Å²) in [5.41, 5.74) is 3.09. The molecule has 3 N–H and O–H groups in total. The minimum Gasteiger partial charge on any atom is -0.337 e. The zero-order valence-corrected chi connectivity index (χ0v) is 12.1. The quantitative estimate of drug-likeness (QED) is 0.649. The van der Waals surface area contributed by atoms with Crippen LogP contribution < -0.4 is 11.3 Å². The molecule has 0 bridgehead atoms. The van der Waals surface area contributed by atoms with Crippen LogP contribution in [-0.2, 0) is 0 Å². The molecule has 2 fully saturated rings. The molecule has 0 radical (unpaired) electrons. The van der Waals surface area contributed by atoms with Crippen LogP contribution in [0.5, 0.6) is 0 Å². The van der Waals surface area contributed by atoms with Crippen LogP contribution in [0.4, 0.5) is 5.82 Å². The van der Waals surface area contributed by atoms with Crippen LogP contribution in [-0.4, -0.2) is 28.9 Å². The summed E-state index contributed by atoms with van der Waals surface area (Å²) >= 11 is 6.10. The van der Waals surface area contributed by atoms with Crippen LogP contribution in [0.25, 0.3) is 0 Å². The van der Waals surface area contributed by atoms with Crippen molar-refractivity contribution in [1.82, 2.24) is 9.88 Å². The molecule has 108 valence electrons. The average Bonchev–Trinajstić information content (AvgIpc) is 3.09. The van der Waals surface area contributed by atoms with Gasteiger partial charge in [-0.15, -0.1) is 0 Å². The van der Waals surface area contributed by atoms with Crippen LogP contribution in [0.15, 0.2) is 12.1 Å². The zero-order chi connectivity index (χ0) is 14.2. The van der Waals surface area contributed by atoms with Gasteiger partial charge in [-0.2, -0.15) is 0 Å². The lowest BCUT2D eigenvalue weighted by atomic mass is 9.86. The number of hydrazine groups is 1. The van der Waals surface area contributed by atoms with Gasteiger partial charge in [-0.05, 0) is 36.8 Å². The van der Waals surface area contributed by atoms with E-state index in [1.165, 1.54) is 25.7 Å². The Morgan fingerprint density at radius 2 is 2.10 bits per heavy atom. The third kappa shape index (κ3) is 2.36. The standard InChI is InChI=1S/C14H19ClN4O/c15-10-3-4-11(18-16)17-12(10)13(20)19-8-7-14(9-19)5-1-2-6-14/h3-4H,1-2,5-9,16H2,(H,17,18). The second-order valence-electron chi connectivity index (χ2n) is 5.86. The molecule has 1 aromatic heterocycles. The van der Waals surface area contributed by atoms with E-state index in [-0.39, 0.29) is 11.6 Å². The van der Waals surface area contributed by atoms with E-state index in [0.29, 0.717) is 16.3 Å². The predicted molar refractivity (Wildman–Crippen MR) is 78.5 cm³/mol. The second kappa shape index (κ2) is 5.22. The highest BCUT2D eigenvalue weighted by molar-refractivity contribution is 6.33. The fourth-order valence-electron chi connectivity index (χ4n) is 3.46. The maximum atomic E-state index is 12.6. The lowest BCUT2D eigenvalue weighted by Crippen LogP contribution is -2.32. The molecular weight excluding hydrogens is 276 g/mol. The van der Waals surface area contributed by atoms with Gasteiger partial charge in [0.05, 0.1) is 5.02 Å². The van der Waals surface area contributed by atoms with E-state index >= 15 is 0 Å². The Bertz CT molecular complexity index is 528. The fraction of sp³-hybridized carbons (Fsp3) is 0.571. The van der Waals surface area contributed by atoms with Crippen molar-refractivity contribution in [2.75, 3.05) is 18.5 Å². The molecule has 1 saturated carbocycles. The number of amides is 1. The van der Waals surface area contributed by atoms with Crippen LogP contribution in [0, 0.1) is 5.41 Å². The summed E-state index contributed by atoms with van der Waals surface area (Å²) in [5, 5.41) is 0.376. The number of aromatic nitrogens is 1. The van der Waals surface area contributed by atoms with Crippen LogP contribution in [0.1, 0.15) is 42.6 Å². The molecule has 1 aromatic rings. The van der Waals surface area contributed by atoms with Gasteiger partial charge in [-0.25, -0.2) is 10.8 Å². The number of halogens is 1. The topological polar surface area (TPSA) is 71.2 Å². The Morgan fingerprint density at radius 3 is 2.80 bits per heavy atom. The Kier molecular flexibility index (Phi) is 3.56. The van der Waals surface area contributed by atoms with E-state index in [4.69, 9.17) is 17.4 Å². The average molecular weight is 295 g/mol. The number of carbonyl (C=O) groups excluding carboxylic acids is 1. The van der Waals surface area contributed by atoms with Gasteiger partial charge < -0.3 is 10.3 Å².